The number of hydrogen-bond acceptors (Lipinski definition) is 2. The van der Waals surface area contributed by atoms with E-state index < -0.39 is 29.7 Å². The van der Waals surface area contributed by atoms with Crippen LogP contribution in [-0.4, -0.2) is 23.0 Å². The van der Waals surface area contributed by atoms with Gasteiger partial charge in [0.1, 0.15) is 6.04 Å². The van der Waals surface area contributed by atoms with Crippen molar-refractivity contribution in [1.29, 1.82) is 0 Å². The van der Waals surface area contributed by atoms with Crippen LogP contribution in [0.15, 0.2) is 36.4 Å². The Morgan fingerprint density at radius 1 is 1.25 bits per heavy atom. The molecule has 0 aliphatic carbocycles. The van der Waals surface area contributed by atoms with Gasteiger partial charge in [0.05, 0.1) is 5.56 Å². The molecule has 1 aromatic carbocycles. The third-order valence-corrected chi connectivity index (χ3v) is 3.54. The minimum Gasteiger partial charge on any atom is -0.480 e. The Balaban J connectivity index is 2.67. The summed E-state index contributed by atoms with van der Waals surface area (Å²) in [5.74, 6) is -1.92. The van der Waals surface area contributed by atoms with E-state index in [1.165, 1.54) is 12.1 Å². The summed E-state index contributed by atoms with van der Waals surface area (Å²) in [5, 5.41) is 11.5. The van der Waals surface area contributed by atoms with E-state index >= 15 is 0 Å². The second kappa shape index (κ2) is 8.52. The first kappa shape index (κ1) is 19.7. The number of nitrogens with one attached hydrogen (secondary N) is 1. The van der Waals surface area contributed by atoms with Crippen molar-refractivity contribution >= 4 is 11.9 Å². The number of aliphatic carboxylic acids is 1. The van der Waals surface area contributed by atoms with Gasteiger partial charge in [-0.15, -0.1) is 0 Å². The van der Waals surface area contributed by atoms with Gasteiger partial charge in [-0.25, -0.2) is 4.79 Å². The second-order valence-corrected chi connectivity index (χ2v) is 5.49. The molecule has 1 aromatic rings. The lowest BCUT2D eigenvalue weighted by atomic mass is 9.96. The summed E-state index contributed by atoms with van der Waals surface area (Å²) >= 11 is 0. The molecule has 0 heterocycles. The summed E-state index contributed by atoms with van der Waals surface area (Å²) in [4.78, 5) is 23.0. The molecule has 0 fully saturated rings. The zero-order chi connectivity index (χ0) is 18.3. The van der Waals surface area contributed by atoms with Crippen LogP contribution in [0, 0.1) is 0 Å². The molecular weight excluding hydrogens is 323 g/mol. The Kier molecular flexibility index (Phi) is 7.00. The minimum absolute atomic E-state index is 0.00894. The number of allylic oxidation sites excluding steroid dienone is 1. The van der Waals surface area contributed by atoms with Crippen LogP contribution in [0.25, 0.3) is 0 Å². The van der Waals surface area contributed by atoms with Crippen LogP contribution in [0.2, 0.25) is 0 Å². The molecule has 0 saturated carbocycles. The first-order valence-corrected chi connectivity index (χ1v) is 7.45. The van der Waals surface area contributed by atoms with Crippen LogP contribution in [0.5, 0.6) is 0 Å². The summed E-state index contributed by atoms with van der Waals surface area (Å²) in [5.41, 5.74) is -0.168. The first-order chi connectivity index (χ1) is 11.1. The van der Waals surface area contributed by atoms with Gasteiger partial charge in [0.2, 0.25) is 5.91 Å². The molecule has 0 radical (unpaired) electrons. The lowest BCUT2D eigenvalue weighted by Crippen LogP contribution is -2.40. The zero-order valence-electron chi connectivity index (χ0n) is 13.4. The van der Waals surface area contributed by atoms with Gasteiger partial charge < -0.3 is 10.4 Å². The normalized spacial score (nSPS) is 14.4. The molecule has 0 saturated heterocycles. The molecule has 2 atom stereocenters. The van der Waals surface area contributed by atoms with Crippen molar-refractivity contribution in [2.75, 3.05) is 0 Å². The molecule has 1 amide bonds. The Morgan fingerprint density at radius 2 is 1.83 bits per heavy atom. The molecule has 2 unspecified atom stereocenters. The molecule has 4 nitrogen and oxygen atoms in total. The minimum atomic E-state index is -4.40. The van der Waals surface area contributed by atoms with Crippen LogP contribution in [0.3, 0.4) is 0 Å². The van der Waals surface area contributed by atoms with Gasteiger partial charge >= 0.3 is 12.1 Å². The second-order valence-electron chi connectivity index (χ2n) is 5.49. The summed E-state index contributed by atoms with van der Waals surface area (Å²) in [7, 11) is 0. The molecule has 132 valence electrons. The fourth-order valence-corrected chi connectivity index (χ4v) is 2.14. The Morgan fingerprint density at radius 3 is 2.29 bits per heavy atom. The van der Waals surface area contributed by atoms with Crippen LogP contribution >= 0.6 is 0 Å². The molecule has 7 heteroatoms. The highest BCUT2D eigenvalue weighted by molar-refractivity contribution is 5.84. The lowest BCUT2D eigenvalue weighted by molar-refractivity contribution is -0.141. The van der Waals surface area contributed by atoms with Gasteiger partial charge in [0.25, 0.3) is 0 Å². The van der Waals surface area contributed by atoms with Crippen molar-refractivity contribution in [3.8, 4) is 0 Å². The topological polar surface area (TPSA) is 66.4 Å². The fourth-order valence-electron chi connectivity index (χ4n) is 2.14. The van der Waals surface area contributed by atoms with Gasteiger partial charge in [-0.3, -0.25) is 4.79 Å². The van der Waals surface area contributed by atoms with E-state index in [0.717, 1.165) is 12.1 Å². The number of carbonyl (C=O) groups excluding carboxylic acids is 1. The van der Waals surface area contributed by atoms with E-state index in [1.807, 2.05) is 0 Å². The number of carbonyl (C=O) groups is 2. The predicted molar refractivity (Wildman–Crippen MR) is 83.5 cm³/mol. The third kappa shape index (κ3) is 6.06. The van der Waals surface area contributed by atoms with Crippen LogP contribution in [0.4, 0.5) is 13.2 Å². The molecule has 0 aliphatic rings. The van der Waals surface area contributed by atoms with Crippen molar-refractivity contribution in [1.82, 2.24) is 5.32 Å². The average molecular weight is 343 g/mol. The standard InChI is InChI=1S/C17H20F3NO3/c1-3-4-5-14(16(23)24)21-15(22)10-11(2)12-6-8-13(9-7-12)17(18,19)20/h3-4,6-9,11,14H,5,10H2,1-2H3,(H,21,22)(H,23,24)/b4-3+. The van der Waals surface area contributed by atoms with Gasteiger partial charge in [0.15, 0.2) is 0 Å². The monoisotopic (exact) mass is 343 g/mol. The van der Waals surface area contributed by atoms with Crippen molar-refractivity contribution in [2.24, 2.45) is 0 Å². The van der Waals surface area contributed by atoms with Crippen LogP contribution in [-0.2, 0) is 15.8 Å². The molecule has 0 aliphatic heterocycles. The molecule has 24 heavy (non-hydrogen) atoms. The molecular formula is C17H20F3NO3. The number of alkyl halides is 3. The van der Waals surface area contributed by atoms with E-state index in [9.17, 15) is 22.8 Å². The maximum Gasteiger partial charge on any atom is 0.416 e. The Bertz CT molecular complexity index is 594. The fraction of sp³-hybridized carbons (Fsp3) is 0.412. The number of benzene rings is 1. The number of hydrogen-bond donors (Lipinski definition) is 2. The van der Waals surface area contributed by atoms with E-state index in [4.69, 9.17) is 5.11 Å². The SMILES string of the molecule is C/C=C/CC(NC(=O)CC(C)c1ccc(C(F)(F)F)cc1)C(=O)O. The Hall–Kier alpha value is -2.31. The number of carboxylic acid groups (broad SMARTS) is 1. The third-order valence-electron chi connectivity index (χ3n) is 3.54. The molecule has 1 rings (SSSR count). The van der Waals surface area contributed by atoms with Crippen molar-refractivity contribution in [2.45, 2.75) is 44.8 Å². The number of amides is 1. The highest BCUT2D eigenvalue weighted by atomic mass is 19.4. The van der Waals surface area contributed by atoms with Crippen molar-refractivity contribution in [3.05, 3.63) is 47.5 Å². The summed E-state index contributed by atoms with van der Waals surface area (Å²) < 4.78 is 37.6. The van der Waals surface area contributed by atoms with Gasteiger partial charge in [0, 0.05) is 6.42 Å². The number of halogens is 3. The smallest absolute Gasteiger partial charge is 0.416 e. The van der Waals surface area contributed by atoms with Gasteiger partial charge in [-0.05, 0) is 37.0 Å². The van der Waals surface area contributed by atoms with Crippen molar-refractivity contribution in [3.63, 3.8) is 0 Å². The van der Waals surface area contributed by atoms with Gasteiger partial charge in [-0.2, -0.15) is 13.2 Å². The summed E-state index contributed by atoms with van der Waals surface area (Å²) in [6.07, 6.45) is -0.914. The lowest BCUT2D eigenvalue weighted by Gasteiger charge is -2.16. The quantitative estimate of drug-likeness (QED) is 0.741. The summed E-state index contributed by atoms with van der Waals surface area (Å²) in [6, 6.07) is 3.57. The maximum absolute atomic E-state index is 12.5. The van der Waals surface area contributed by atoms with E-state index in [2.05, 4.69) is 5.32 Å². The highest BCUT2D eigenvalue weighted by Gasteiger charge is 2.30. The first-order valence-electron chi connectivity index (χ1n) is 7.45. The molecule has 0 spiro atoms. The van der Waals surface area contributed by atoms with E-state index in [-0.39, 0.29) is 18.8 Å². The molecule has 0 aromatic heterocycles. The zero-order valence-corrected chi connectivity index (χ0v) is 13.4. The van der Waals surface area contributed by atoms with Crippen molar-refractivity contribution < 1.29 is 27.9 Å². The number of carboxylic acids is 1. The molecule has 2 N–H and O–H groups in total. The average Bonchev–Trinajstić information content (AvgIpc) is 2.50. The predicted octanol–water partition coefficient (Wildman–Crippen LogP) is 3.73. The number of rotatable bonds is 7. The van der Waals surface area contributed by atoms with Crippen LogP contribution < -0.4 is 5.32 Å². The van der Waals surface area contributed by atoms with Gasteiger partial charge in [-0.1, -0.05) is 31.2 Å². The maximum atomic E-state index is 12.5. The highest BCUT2D eigenvalue weighted by Crippen LogP contribution is 2.30. The molecule has 0 bridgehead atoms. The van der Waals surface area contributed by atoms with Crippen LogP contribution in [0.1, 0.15) is 43.7 Å². The Labute approximate surface area is 138 Å². The van der Waals surface area contributed by atoms with E-state index in [1.54, 1.807) is 26.0 Å². The summed E-state index contributed by atoms with van der Waals surface area (Å²) in [6.45, 7) is 3.44. The largest absolute Gasteiger partial charge is 0.480 e. The van der Waals surface area contributed by atoms with E-state index in [0.29, 0.717) is 5.56 Å².